The zero-order valence-electron chi connectivity index (χ0n) is 12.8. The quantitative estimate of drug-likeness (QED) is 0.713. The van der Waals surface area contributed by atoms with E-state index in [9.17, 15) is 9.50 Å². The highest BCUT2D eigenvalue weighted by atomic mass is 35.5. The molecule has 2 unspecified atom stereocenters. The summed E-state index contributed by atoms with van der Waals surface area (Å²) in [5.74, 6) is -0.286. The topological polar surface area (TPSA) is 33.9 Å². The molecular formula is C18H21ClFNO2. The molecule has 1 saturated heterocycles. The average molecular weight is 338 g/mol. The third-order valence-electron chi connectivity index (χ3n) is 4.26. The standard InChI is InChI=1S/C18H20FNO2.ClH/c19-16-8-6-15(7-9-16)18(21)17(14-4-2-1-3-5-14)20-10-12-22-13-11-20;/h1-9,17-18,21H,10-13H2;1H. The normalized spacial score (nSPS) is 18.0. The van der Waals surface area contributed by atoms with Gasteiger partial charge in [0.05, 0.1) is 13.2 Å². The summed E-state index contributed by atoms with van der Waals surface area (Å²) in [5, 5.41) is 10.9. The fraction of sp³-hybridized carbons (Fsp3) is 0.333. The second-order valence-corrected chi connectivity index (χ2v) is 5.66. The van der Waals surface area contributed by atoms with E-state index in [1.165, 1.54) is 17.0 Å². The van der Waals surface area contributed by atoms with Crippen LogP contribution in [0.2, 0.25) is 0 Å². The van der Waals surface area contributed by atoms with Crippen LogP contribution in [0.5, 0.6) is 0 Å². The second-order valence-electron chi connectivity index (χ2n) is 5.66. The van der Waals surface area contributed by atoms with Gasteiger partial charge in [-0.05, 0) is 17.7 Å². The maximum Gasteiger partial charge on any atom is 0.144 e. The first-order valence-electron chi connectivity index (χ1n) is 7.66. The van der Waals surface area contributed by atoms with Crippen molar-refractivity contribution >= 4 is 0 Å². The summed E-state index contributed by atoms with van der Waals surface area (Å²) in [6, 6.07) is 16.1. The molecule has 3 rings (SSSR count). The Hall–Kier alpha value is -1.46. The summed E-state index contributed by atoms with van der Waals surface area (Å²) in [7, 11) is 0. The Kier molecular flexibility index (Phi) is 6.54. The van der Waals surface area contributed by atoms with Gasteiger partial charge in [0.25, 0.3) is 0 Å². The van der Waals surface area contributed by atoms with Crippen LogP contribution in [0.3, 0.4) is 0 Å². The van der Waals surface area contributed by atoms with E-state index >= 15 is 0 Å². The first-order valence-corrected chi connectivity index (χ1v) is 7.66. The average Bonchev–Trinajstić information content (AvgIpc) is 2.57. The zero-order valence-corrected chi connectivity index (χ0v) is 13.5. The molecule has 3 nitrogen and oxygen atoms in total. The monoisotopic (exact) mass is 337 g/mol. The molecule has 0 amide bonds. The summed E-state index contributed by atoms with van der Waals surface area (Å²) in [6.45, 7) is 3.12. The lowest BCUT2D eigenvalue weighted by molar-refractivity contribution is -0.943. The van der Waals surface area contributed by atoms with Crippen LogP contribution in [0.15, 0.2) is 54.6 Å². The van der Waals surface area contributed by atoms with E-state index in [1.807, 2.05) is 30.3 Å². The predicted molar refractivity (Wildman–Crippen MR) is 82.1 cm³/mol. The third-order valence-corrected chi connectivity index (χ3v) is 4.26. The van der Waals surface area contributed by atoms with Crippen LogP contribution in [0, 0.1) is 5.82 Å². The van der Waals surface area contributed by atoms with E-state index < -0.39 is 6.10 Å². The van der Waals surface area contributed by atoms with Crippen LogP contribution in [0.25, 0.3) is 0 Å². The number of nitrogens with one attached hydrogen (secondary N) is 1. The summed E-state index contributed by atoms with van der Waals surface area (Å²) < 4.78 is 18.6. The molecule has 0 spiro atoms. The number of aliphatic hydroxyl groups excluding tert-OH is 1. The maximum atomic E-state index is 13.1. The number of aliphatic hydroxyl groups is 1. The summed E-state index contributed by atoms with van der Waals surface area (Å²) >= 11 is 0. The van der Waals surface area contributed by atoms with E-state index in [-0.39, 0.29) is 24.3 Å². The maximum absolute atomic E-state index is 13.1. The fourth-order valence-corrected chi connectivity index (χ4v) is 3.10. The molecule has 23 heavy (non-hydrogen) atoms. The predicted octanol–water partition coefficient (Wildman–Crippen LogP) is -1.48. The van der Waals surface area contributed by atoms with Gasteiger partial charge in [0.15, 0.2) is 0 Å². The van der Waals surface area contributed by atoms with E-state index in [1.54, 1.807) is 12.1 Å². The number of ether oxygens (including phenoxy) is 1. The molecule has 2 N–H and O–H groups in total. The van der Waals surface area contributed by atoms with Crippen LogP contribution < -0.4 is 17.3 Å². The van der Waals surface area contributed by atoms with Gasteiger partial charge in [-0.2, -0.15) is 0 Å². The number of hydrogen-bond acceptors (Lipinski definition) is 2. The number of morpholine rings is 1. The van der Waals surface area contributed by atoms with Crippen LogP contribution in [0.4, 0.5) is 4.39 Å². The number of rotatable bonds is 4. The highest BCUT2D eigenvalue weighted by Crippen LogP contribution is 2.26. The molecular weight excluding hydrogens is 317 g/mol. The van der Waals surface area contributed by atoms with Gasteiger partial charge in [0.2, 0.25) is 0 Å². The van der Waals surface area contributed by atoms with Crippen LogP contribution in [0.1, 0.15) is 23.3 Å². The lowest BCUT2D eigenvalue weighted by Crippen LogP contribution is -3.14. The molecule has 0 bridgehead atoms. The molecule has 1 fully saturated rings. The number of hydrogen-bond donors (Lipinski definition) is 2. The van der Waals surface area contributed by atoms with Crippen molar-refractivity contribution in [2.24, 2.45) is 0 Å². The Morgan fingerprint density at radius 2 is 1.52 bits per heavy atom. The molecule has 1 aliphatic rings. The molecule has 0 saturated carbocycles. The Balaban J connectivity index is 0.00000192. The molecule has 2 atom stereocenters. The minimum Gasteiger partial charge on any atom is -1.00 e. The first kappa shape index (κ1) is 17.9. The largest absolute Gasteiger partial charge is 1.00 e. The number of halogens is 2. The van der Waals surface area contributed by atoms with Crippen molar-refractivity contribution in [1.82, 2.24) is 0 Å². The molecule has 0 aliphatic carbocycles. The molecule has 0 aromatic heterocycles. The minimum absolute atomic E-state index is 0. The number of quaternary nitrogens is 1. The third kappa shape index (κ3) is 4.30. The molecule has 2 aromatic carbocycles. The van der Waals surface area contributed by atoms with Crippen molar-refractivity contribution in [3.05, 3.63) is 71.5 Å². The van der Waals surface area contributed by atoms with Crippen molar-refractivity contribution in [3.8, 4) is 0 Å². The highest BCUT2D eigenvalue weighted by molar-refractivity contribution is 5.25. The van der Waals surface area contributed by atoms with Crippen molar-refractivity contribution in [1.29, 1.82) is 0 Å². The van der Waals surface area contributed by atoms with E-state index in [0.29, 0.717) is 13.2 Å². The molecule has 1 heterocycles. The highest BCUT2D eigenvalue weighted by Gasteiger charge is 2.33. The van der Waals surface area contributed by atoms with Crippen molar-refractivity contribution in [2.75, 3.05) is 26.3 Å². The van der Waals surface area contributed by atoms with Gasteiger partial charge in [0, 0.05) is 5.56 Å². The SMILES string of the molecule is OC(c1ccc(F)cc1)C(c1ccccc1)[NH+]1CCOCC1.[Cl-]. The summed E-state index contributed by atoms with van der Waals surface area (Å²) in [6.07, 6.45) is -0.670. The van der Waals surface area contributed by atoms with Gasteiger partial charge >= 0.3 is 0 Å². The number of benzene rings is 2. The Morgan fingerprint density at radius 1 is 0.913 bits per heavy atom. The van der Waals surface area contributed by atoms with Crippen LogP contribution in [-0.4, -0.2) is 31.4 Å². The van der Waals surface area contributed by atoms with Crippen LogP contribution in [-0.2, 0) is 4.74 Å². The van der Waals surface area contributed by atoms with Gasteiger partial charge < -0.3 is 27.2 Å². The second kappa shape index (κ2) is 8.41. The Labute approximate surface area is 142 Å². The fourth-order valence-electron chi connectivity index (χ4n) is 3.10. The lowest BCUT2D eigenvalue weighted by Gasteiger charge is -2.34. The van der Waals surface area contributed by atoms with Gasteiger partial charge in [-0.1, -0.05) is 42.5 Å². The molecule has 1 aliphatic heterocycles. The molecule has 0 radical (unpaired) electrons. The molecule has 124 valence electrons. The van der Waals surface area contributed by atoms with Crippen molar-refractivity contribution in [3.63, 3.8) is 0 Å². The first-order chi connectivity index (χ1) is 10.8. The smallest absolute Gasteiger partial charge is 0.144 e. The Bertz CT molecular complexity index is 588. The van der Waals surface area contributed by atoms with E-state index in [2.05, 4.69) is 0 Å². The van der Waals surface area contributed by atoms with Gasteiger partial charge in [0.1, 0.15) is 31.1 Å². The lowest BCUT2D eigenvalue weighted by atomic mass is 9.94. The zero-order chi connectivity index (χ0) is 15.4. The van der Waals surface area contributed by atoms with Gasteiger partial charge in [-0.15, -0.1) is 0 Å². The van der Waals surface area contributed by atoms with E-state index in [4.69, 9.17) is 4.74 Å². The van der Waals surface area contributed by atoms with Crippen molar-refractivity contribution < 1.29 is 31.5 Å². The Morgan fingerprint density at radius 3 is 2.13 bits per heavy atom. The summed E-state index contributed by atoms with van der Waals surface area (Å²) in [5.41, 5.74) is 1.84. The van der Waals surface area contributed by atoms with Crippen molar-refractivity contribution in [2.45, 2.75) is 12.1 Å². The summed E-state index contributed by atoms with van der Waals surface area (Å²) in [4.78, 5) is 1.30. The van der Waals surface area contributed by atoms with Gasteiger partial charge in [-0.3, -0.25) is 0 Å². The van der Waals surface area contributed by atoms with Gasteiger partial charge in [-0.25, -0.2) is 4.39 Å². The van der Waals surface area contributed by atoms with E-state index in [0.717, 1.165) is 24.2 Å². The molecule has 5 heteroatoms. The minimum atomic E-state index is -0.670. The van der Waals surface area contributed by atoms with Crippen LogP contribution >= 0.6 is 0 Å². The molecule has 2 aromatic rings.